The van der Waals surface area contributed by atoms with Crippen molar-refractivity contribution in [3.05, 3.63) is 57.1 Å². The van der Waals surface area contributed by atoms with Gasteiger partial charge in [-0.05, 0) is 32.0 Å². The molecule has 2 aromatic carbocycles. The van der Waals surface area contributed by atoms with Gasteiger partial charge >= 0.3 is 5.97 Å². The van der Waals surface area contributed by atoms with Crippen molar-refractivity contribution < 1.29 is 33.5 Å². The van der Waals surface area contributed by atoms with Crippen LogP contribution in [0.15, 0.2) is 30.3 Å². The van der Waals surface area contributed by atoms with E-state index in [0.29, 0.717) is 16.9 Å². The van der Waals surface area contributed by atoms with Crippen LogP contribution < -0.4 is 14.2 Å². The van der Waals surface area contributed by atoms with E-state index in [1.807, 2.05) is 0 Å². The minimum atomic E-state index is -0.923. The van der Waals surface area contributed by atoms with Gasteiger partial charge in [-0.2, -0.15) is 0 Å². The van der Waals surface area contributed by atoms with Crippen LogP contribution in [0.25, 0.3) is 0 Å². The van der Waals surface area contributed by atoms with Crippen molar-refractivity contribution in [3.8, 4) is 17.2 Å². The standard InChI is InChI=1S/C20H21NO8/c1-5-28-19-10-16(21(24)25)15(9-18(19)27-4)20(23)29-11-14-8-13(12(2)22)6-7-17(14)26-3/h6-10H,5,11H2,1-4H3. The maximum absolute atomic E-state index is 12.6. The number of benzene rings is 2. The summed E-state index contributed by atoms with van der Waals surface area (Å²) in [6, 6.07) is 7.04. The topological polar surface area (TPSA) is 114 Å². The van der Waals surface area contributed by atoms with Gasteiger partial charge in [0.05, 0.1) is 31.8 Å². The molecule has 0 N–H and O–H groups in total. The molecule has 0 unspecified atom stereocenters. The van der Waals surface area contributed by atoms with Crippen LogP contribution in [0.5, 0.6) is 17.2 Å². The van der Waals surface area contributed by atoms with Crippen LogP contribution in [0.3, 0.4) is 0 Å². The summed E-state index contributed by atoms with van der Waals surface area (Å²) in [5.41, 5.74) is 0.125. The Bertz CT molecular complexity index is 938. The molecule has 2 rings (SSSR count). The number of rotatable bonds is 9. The van der Waals surface area contributed by atoms with E-state index in [4.69, 9.17) is 18.9 Å². The summed E-state index contributed by atoms with van der Waals surface area (Å²) in [7, 11) is 2.80. The molecule has 0 heterocycles. The van der Waals surface area contributed by atoms with E-state index in [2.05, 4.69) is 0 Å². The van der Waals surface area contributed by atoms with E-state index >= 15 is 0 Å². The average Bonchev–Trinajstić information content (AvgIpc) is 2.71. The molecule has 2 aromatic rings. The number of ketones is 1. The first kappa shape index (κ1) is 21.7. The van der Waals surface area contributed by atoms with Crippen molar-refractivity contribution >= 4 is 17.4 Å². The normalized spacial score (nSPS) is 10.2. The molecule has 9 heteroatoms. The quantitative estimate of drug-likeness (QED) is 0.270. The lowest BCUT2D eigenvalue weighted by Crippen LogP contribution is -2.10. The minimum Gasteiger partial charge on any atom is -0.496 e. The summed E-state index contributed by atoms with van der Waals surface area (Å²) in [5, 5.41) is 11.4. The third kappa shape index (κ3) is 5.01. The van der Waals surface area contributed by atoms with Crippen LogP contribution in [0.4, 0.5) is 5.69 Å². The van der Waals surface area contributed by atoms with Gasteiger partial charge in [0, 0.05) is 17.2 Å². The zero-order valence-electron chi connectivity index (χ0n) is 16.5. The highest BCUT2D eigenvalue weighted by Crippen LogP contribution is 2.35. The highest BCUT2D eigenvalue weighted by molar-refractivity contribution is 5.95. The van der Waals surface area contributed by atoms with Crippen molar-refractivity contribution in [2.75, 3.05) is 20.8 Å². The summed E-state index contributed by atoms with van der Waals surface area (Å²) in [6.07, 6.45) is 0. The Balaban J connectivity index is 2.34. The van der Waals surface area contributed by atoms with Gasteiger partial charge in [0.2, 0.25) is 0 Å². The summed E-state index contributed by atoms with van der Waals surface area (Å²) in [4.78, 5) is 34.9. The number of hydrogen-bond acceptors (Lipinski definition) is 8. The van der Waals surface area contributed by atoms with E-state index in [0.717, 1.165) is 6.07 Å². The van der Waals surface area contributed by atoms with Crippen LogP contribution in [-0.4, -0.2) is 37.5 Å². The molecule has 0 amide bonds. The van der Waals surface area contributed by atoms with Crippen LogP contribution in [0.2, 0.25) is 0 Å². The molecule has 0 saturated heterocycles. The van der Waals surface area contributed by atoms with Gasteiger partial charge in [-0.3, -0.25) is 14.9 Å². The monoisotopic (exact) mass is 403 g/mol. The Labute approximate surface area is 167 Å². The minimum absolute atomic E-state index is 0.147. The second kappa shape index (κ2) is 9.54. The zero-order chi connectivity index (χ0) is 21.6. The Hall–Kier alpha value is -3.62. The van der Waals surface area contributed by atoms with Crippen molar-refractivity contribution in [2.45, 2.75) is 20.5 Å². The molecule has 0 radical (unpaired) electrons. The Morgan fingerprint density at radius 1 is 1.03 bits per heavy atom. The van der Waals surface area contributed by atoms with E-state index in [1.54, 1.807) is 25.1 Å². The highest BCUT2D eigenvalue weighted by Gasteiger charge is 2.26. The number of nitro benzene ring substituents is 1. The first-order valence-electron chi connectivity index (χ1n) is 8.66. The fourth-order valence-electron chi connectivity index (χ4n) is 2.62. The molecule has 0 bridgehead atoms. The molecule has 0 fully saturated rings. The molecule has 0 aliphatic carbocycles. The second-order valence-electron chi connectivity index (χ2n) is 5.87. The molecule has 0 aromatic heterocycles. The number of nitro groups is 1. The molecule has 0 saturated carbocycles. The maximum atomic E-state index is 12.6. The predicted octanol–water partition coefficient (Wildman–Crippen LogP) is 3.57. The second-order valence-corrected chi connectivity index (χ2v) is 5.87. The number of carbonyl (C=O) groups is 2. The Kier molecular flexibility index (Phi) is 7.13. The summed E-state index contributed by atoms with van der Waals surface area (Å²) >= 11 is 0. The number of hydrogen-bond donors (Lipinski definition) is 0. The van der Waals surface area contributed by atoms with Gasteiger partial charge < -0.3 is 18.9 Å². The lowest BCUT2D eigenvalue weighted by Gasteiger charge is -2.13. The molecular weight excluding hydrogens is 382 g/mol. The van der Waals surface area contributed by atoms with E-state index in [-0.39, 0.29) is 36.1 Å². The molecule has 9 nitrogen and oxygen atoms in total. The van der Waals surface area contributed by atoms with Gasteiger partial charge in [-0.25, -0.2) is 4.79 Å². The first-order valence-corrected chi connectivity index (χ1v) is 8.66. The van der Waals surface area contributed by atoms with Crippen LogP contribution in [-0.2, 0) is 11.3 Å². The summed E-state index contributed by atoms with van der Waals surface area (Å²) in [6.45, 7) is 3.16. The molecule has 0 aliphatic rings. The predicted molar refractivity (Wildman–Crippen MR) is 103 cm³/mol. The lowest BCUT2D eigenvalue weighted by molar-refractivity contribution is -0.385. The van der Waals surface area contributed by atoms with Crippen LogP contribution in [0, 0.1) is 10.1 Å². The fraction of sp³-hybridized carbons (Fsp3) is 0.300. The zero-order valence-corrected chi connectivity index (χ0v) is 16.5. The fourth-order valence-corrected chi connectivity index (χ4v) is 2.62. The highest BCUT2D eigenvalue weighted by atomic mass is 16.6. The number of Topliss-reactive ketones (excluding diaryl/α,β-unsaturated/α-hetero) is 1. The van der Waals surface area contributed by atoms with E-state index in [1.165, 1.54) is 27.2 Å². The summed E-state index contributed by atoms with van der Waals surface area (Å²) < 4.78 is 20.9. The van der Waals surface area contributed by atoms with E-state index in [9.17, 15) is 19.7 Å². The molecule has 154 valence electrons. The Morgan fingerprint density at radius 2 is 1.72 bits per heavy atom. The molecule has 29 heavy (non-hydrogen) atoms. The smallest absolute Gasteiger partial charge is 0.345 e. The molecule has 0 spiro atoms. The van der Waals surface area contributed by atoms with Crippen molar-refractivity contribution in [2.24, 2.45) is 0 Å². The average molecular weight is 403 g/mol. The Morgan fingerprint density at radius 3 is 2.28 bits per heavy atom. The maximum Gasteiger partial charge on any atom is 0.345 e. The van der Waals surface area contributed by atoms with Crippen molar-refractivity contribution in [1.29, 1.82) is 0 Å². The molecular formula is C20H21NO8. The summed E-state index contributed by atoms with van der Waals surface area (Å²) in [5.74, 6) is -0.350. The van der Waals surface area contributed by atoms with E-state index < -0.39 is 16.6 Å². The van der Waals surface area contributed by atoms with Gasteiger partial charge in [0.25, 0.3) is 5.69 Å². The van der Waals surface area contributed by atoms with Crippen molar-refractivity contribution in [3.63, 3.8) is 0 Å². The first-order chi connectivity index (χ1) is 13.8. The van der Waals surface area contributed by atoms with Gasteiger partial charge in [0.15, 0.2) is 17.3 Å². The van der Waals surface area contributed by atoms with Crippen LogP contribution in [0.1, 0.15) is 40.1 Å². The van der Waals surface area contributed by atoms with Gasteiger partial charge in [-0.1, -0.05) is 0 Å². The van der Waals surface area contributed by atoms with Gasteiger partial charge in [0.1, 0.15) is 17.9 Å². The van der Waals surface area contributed by atoms with Crippen LogP contribution >= 0.6 is 0 Å². The number of ether oxygens (including phenoxy) is 4. The van der Waals surface area contributed by atoms with Gasteiger partial charge in [-0.15, -0.1) is 0 Å². The number of esters is 1. The number of carbonyl (C=O) groups excluding carboxylic acids is 2. The third-order valence-corrected chi connectivity index (χ3v) is 4.04. The number of nitrogens with zero attached hydrogens (tertiary/aromatic N) is 1. The molecule has 0 aliphatic heterocycles. The number of methoxy groups -OCH3 is 2. The SMILES string of the molecule is CCOc1cc([N+](=O)[O-])c(C(=O)OCc2cc(C(C)=O)ccc2OC)cc1OC. The third-order valence-electron chi connectivity index (χ3n) is 4.04. The lowest BCUT2D eigenvalue weighted by atomic mass is 10.1. The largest absolute Gasteiger partial charge is 0.496 e. The molecule has 0 atom stereocenters. The van der Waals surface area contributed by atoms with Crippen molar-refractivity contribution in [1.82, 2.24) is 0 Å².